The average Bonchev–Trinajstić information content (AvgIpc) is 2.76. The Morgan fingerprint density at radius 3 is 2.39 bits per heavy atom. The summed E-state index contributed by atoms with van der Waals surface area (Å²) in [5, 5.41) is 4.16. The Morgan fingerprint density at radius 2 is 1.83 bits per heavy atom. The molecule has 102 valence electrons. The molecule has 0 aliphatic heterocycles. The maximum atomic E-state index is 6.49. The van der Waals surface area contributed by atoms with E-state index in [1.807, 2.05) is 0 Å². The molecule has 1 aliphatic rings. The molecule has 0 saturated heterocycles. The highest BCUT2D eigenvalue weighted by atomic mass is 16.5. The van der Waals surface area contributed by atoms with Crippen molar-refractivity contribution in [3.05, 3.63) is 11.7 Å². The second kappa shape index (κ2) is 5.00. The molecule has 4 nitrogen and oxygen atoms in total. The number of nitrogens with two attached hydrogens (primary N) is 1. The summed E-state index contributed by atoms with van der Waals surface area (Å²) in [6.07, 6.45) is 7.78. The molecule has 1 aliphatic carbocycles. The summed E-state index contributed by atoms with van der Waals surface area (Å²) in [4.78, 5) is 4.59. The van der Waals surface area contributed by atoms with Crippen molar-refractivity contribution in [1.82, 2.24) is 10.1 Å². The Hall–Kier alpha value is -0.900. The maximum absolute atomic E-state index is 6.49. The van der Waals surface area contributed by atoms with Crippen LogP contribution in [0, 0.1) is 0 Å². The van der Waals surface area contributed by atoms with Gasteiger partial charge in [-0.1, -0.05) is 51.6 Å². The van der Waals surface area contributed by atoms with Gasteiger partial charge in [-0.15, -0.1) is 0 Å². The van der Waals surface area contributed by atoms with Crippen molar-refractivity contribution in [2.75, 3.05) is 0 Å². The predicted molar refractivity (Wildman–Crippen MR) is 71.2 cm³/mol. The molecule has 4 heteroatoms. The van der Waals surface area contributed by atoms with Crippen molar-refractivity contribution < 1.29 is 4.52 Å². The van der Waals surface area contributed by atoms with Crippen LogP contribution in [0.4, 0.5) is 0 Å². The van der Waals surface area contributed by atoms with E-state index in [2.05, 4.69) is 30.9 Å². The van der Waals surface area contributed by atoms with E-state index in [-0.39, 0.29) is 11.0 Å². The number of nitrogens with zero attached hydrogens (tertiary/aromatic N) is 2. The molecule has 0 amide bonds. The summed E-state index contributed by atoms with van der Waals surface area (Å²) in [5.74, 6) is 1.43. The molecule has 1 aromatic rings. The Morgan fingerprint density at radius 1 is 1.22 bits per heavy atom. The third-order valence-electron chi connectivity index (χ3n) is 4.33. The predicted octanol–water partition coefficient (Wildman–Crippen LogP) is 3.27. The largest absolute Gasteiger partial charge is 0.339 e. The van der Waals surface area contributed by atoms with Gasteiger partial charge in [-0.25, -0.2) is 0 Å². The van der Waals surface area contributed by atoms with Gasteiger partial charge < -0.3 is 10.3 Å². The second-order valence-corrected chi connectivity index (χ2v) is 6.23. The lowest BCUT2D eigenvalue weighted by molar-refractivity contribution is 0.289. The Bertz CT molecular complexity index is 389. The molecule has 0 bridgehead atoms. The van der Waals surface area contributed by atoms with E-state index in [9.17, 15) is 0 Å². The molecule has 0 radical (unpaired) electrons. The zero-order chi connectivity index (χ0) is 13.2. The third kappa shape index (κ3) is 2.58. The molecule has 0 atom stereocenters. The van der Waals surface area contributed by atoms with Gasteiger partial charge in [0, 0.05) is 5.41 Å². The van der Waals surface area contributed by atoms with Gasteiger partial charge in [-0.3, -0.25) is 0 Å². The van der Waals surface area contributed by atoms with E-state index in [1.54, 1.807) is 0 Å². The lowest BCUT2D eigenvalue weighted by atomic mass is 9.89. The molecule has 0 aromatic carbocycles. The number of aromatic nitrogens is 2. The third-order valence-corrected chi connectivity index (χ3v) is 4.33. The van der Waals surface area contributed by atoms with Crippen molar-refractivity contribution in [3.63, 3.8) is 0 Å². The van der Waals surface area contributed by atoms with Gasteiger partial charge >= 0.3 is 0 Å². The number of rotatable bonds is 3. The summed E-state index contributed by atoms with van der Waals surface area (Å²) >= 11 is 0. The summed E-state index contributed by atoms with van der Waals surface area (Å²) in [6.45, 7) is 6.38. The molecule has 0 unspecified atom stereocenters. The van der Waals surface area contributed by atoms with Crippen molar-refractivity contribution in [1.29, 1.82) is 0 Å². The Kier molecular flexibility index (Phi) is 3.76. The van der Waals surface area contributed by atoms with Crippen molar-refractivity contribution in [3.8, 4) is 0 Å². The Labute approximate surface area is 109 Å². The average molecular weight is 251 g/mol. The smallest absolute Gasteiger partial charge is 0.232 e. The second-order valence-electron chi connectivity index (χ2n) is 6.23. The van der Waals surface area contributed by atoms with Gasteiger partial charge in [0.15, 0.2) is 5.82 Å². The van der Waals surface area contributed by atoms with E-state index in [0.717, 1.165) is 32.1 Å². The molecule has 1 aromatic heterocycles. The molecule has 18 heavy (non-hydrogen) atoms. The Balaban J connectivity index is 2.23. The number of hydrogen-bond acceptors (Lipinski definition) is 4. The first kappa shape index (κ1) is 13.5. The van der Waals surface area contributed by atoms with Crippen LogP contribution >= 0.6 is 0 Å². The van der Waals surface area contributed by atoms with Crippen LogP contribution in [0.2, 0.25) is 0 Å². The minimum atomic E-state index is -0.373. The first-order valence-electron chi connectivity index (χ1n) is 7.11. The molecule has 2 N–H and O–H groups in total. The quantitative estimate of drug-likeness (QED) is 0.837. The first-order chi connectivity index (χ1) is 8.48. The van der Waals surface area contributed by atoms with Crippen molar-refractivity contribution >= 4 is 0 Å². The highest BCUT2D eigenvalue weighted by molar-refractivity contribution is 5.08. The molecule has 1 fully saturated rings. The highest BCUT2D eigenvalue weighted by Crippen LogP contribution is 2.33. The van der Waals surface area contributed by atoms with Crippen LogP contribution in [0.15, 0.2) is 4.52 Å². The van der Waals surface area contributed by atoms with Crippen LogP contribution in [0.3, 0.4) is 0 Å². The van der Waals surface area contributed by atoms with Crippen LogP contribution in [0.1, 0.15) is 77.4 Å². The molecular weight excluding hydrogens is 226 g/mol. The number of hydrogen-bond donors (Lipinski definition) is 1. The fraction of sp³-hybridized carbons (Fsp3) is 0.857. The summed E-state index contributed by atoms with van der Waals surface area (Å²) in [6, 6.07) is 0. The minimum absolute atomic E-state index is 0.0632. The lowest BCUT2D eigenvalue weighted by Gasteiger charge is -2.23. The van der Waals surface area contributed by atoms with Gasteiger partial charge in [-0.05, 0) is 19.3 Å². The van der Waals surface area contributed by atoms with Gasteiger partial charge in [-0.2, -0.15) is 4.98 Å². The maximum Gasteiger partial charge on any atom is 0.232 e. The molecule has 0 spiro atoms. The van der Waals surface area contributed by atoms with E-state index in [4.69, 9.17) is 10.3 Å². The minimum Gasteiger partial charge on any atom is -0.339 e. The fourth-order valence-electron chi connectivity index (χ4n) is 2.43. The molecular formula is C14H25N3O. The van der Waals surface area contributed by atoms with Crippen molar-refractivity contribution in [2.45, 2.75) is 76.7 Å². The van der Waals surface area contributed by atoms with E-state index in [0.29, 0.717) is 11.7 Å². The zero-order valence-electron chi connectivity index (χ0n) is 11.8. The van der Waals surface area contributed by atoms with Crippen LogP contribution in [-0.4, -0.2) is 10.1 Å². The summed E-state index contributed by atoms with van der Waals surface area (Å²) in [5.41, 5.74) is 6.06. The van der Waals surface area contributed by atoms with Gasteiger partial charge in [0.05, 0.1) is 5.54 Å². The SMILES string of the molecule is CCC(C)(C)c1nc(C2(N)CCCCCC2)no1. The zero-order valence-corrected chi connectivity index (χ0v) is 11.8. The molecule has 2 rings (SSSR count). The topological polar surface area (TPSA) is 64.9 Å². The normalized spacial score (nSPS) is 20.7. The molecule has 1 heterocycles. The van der Waals surface area contributed by atoms with Gasteiger partial charge in [0.2, 0.25) is 5.89 Å². The van der Waals surface area contributed by atoms with Crippen LogP contribution in [0.5, 0.6) is 0 Å². The fourth-order valence-corrected chi connectivity index (χ4v) is 2.43. The summed E-state index contributed by atoms with van der Waals surface area (Å²) in [7, 11) is 0. The van der Waals surface area contributed by atoms with E-state index >= 15 is 0 Å². The van der Waals surface area contributed by atoms with E-state index < -0.39 is 0 Å². The van der Waals surface area contributed by atoms with Gasteiger partial charge in [0.1, 0.15) is 0 Å². The van der Waals surface area contributed by atoms with Crippen LogP contribution < -0.4 is 5.73 Å². The van der Waals surface area contributed by atoms with Crippen LogP contribution in [-0.2, 0) is 11.0 Å². The highest BCUT2D eigenvalue weighted by Gasteiger charge is 2.35. The standard InChI is InChI=1S/C14H25N3O/c1-4-13(2,3)12-16-11(17-18-12)14(15)9-7-5-6-8-10-14/h4-10,15H2,1-3H3. The molecule has 1 saturated carbocycles. The lowest BCUT2D eigenvalue weighted by Crippen LogP contribution is -2.37. The monoisotopic (exact) mass is 251 g/mol. The first-order valence-corrected chi connectivity index (χ1v) is 7.11. The summed E-state index contributed by atoms with van der Waals surface area (Å²) < 4.78 is 5.44. The van der Waals surface area contributed by atoms with Gasteiger partial charge in [0.25, 0.3) is 0 Å². The van der Waals surface area contributed by atoms with Crippen LogP contribution in [0.25, 0.3) is 0 Å². The van der Waals surface area contributed by atoms with Crippen molar-refractivity contribution in [2.24, 2.45) is 5.73 Å². The van der Waals surface area contributed by atoms with E-state index in [1.165, 1.54) is 12.8 Å².